The van der Waals surface area contributed by atoms with E-state index in [1.807, 2.05) is 28.8 Å². The van der Waals surface area contributed by atoms with Crippen LogP contribution in [0.5, 0.6) is 0 Å². The van der Waals surface area contributed by atoms with Gasteiger partial charge in [0.15, 0.2) is 0 Å². The number of pyridine rings is 1. The lowest BCUT2D eigenvalue weighted by Gasteiger charge is -2.18. The van der Waals surface area contributed by atoms with Gasteiger partial charge in [0.05, 0.1) is 6.04 Å². The average molecular weight is 305 g/mol. The number of hydrogen-bond acceptors (Lipinski definition) is 2. The number of amides is 1. The number of imidazole rings is 1. The van der Waals surface area contributed by atoms with Crippen molar-refractivity contribution in [3.8, 4) is 0 Å². The van der Waals surface area contributed by atoms with Gasteiger partial charge in [0.1, 0.15) is 11.3 Å². The number of rotatable bonds is 4. The predicted octanol–water partition coefficient (Wildman–Crippen LogP) is 3.52. The fourth-order valence-electron chi connectivity index (χ4n) is 2.94. The summed E-state index contributed by atoms with van der Waals surface area (Å²) in [6.45, 7) is 2.07. The Kier molecular flexibility index (Phi) is 3.37. The van der Waals surface area contributed by atoms with E-state index in [0.29, 0.717) is 11.6 Å². The molecule has 2 heterocycles. The number of hydrogen-bond donors (Lipinski definition) is 1. The maximum absolute atomic E-state index is 12.6. The number of carbonyl (C=O) groups is 1. The molecule has 4 rings (SSSR count). The summed E-state index contributed by atoms with van der Waals surface area (Å²) >= 11 is 0. The van der Waals surface area contributed by atoms with E-state index in [2.05, 4.69) is 41.5 Å². The van der Waals surface area contributed by atoms with Crippen molar-refractivity contribution in [3.05, 3.63) is 71.7 Å². The highest BCUT2D eigenvalue weighted by molar-refractivity contribution is 5.93. The predicted molar refractivity (Wildman–Crippen MR) is 89.3 cm³/mol. The number of nitrogens with one attached hydrogen (secondary N) is 1. The number of fused-ring (bicyclic) bond motifs is 1. The smallest absolute Gasteiger partial charge is 0.271 e. The van der Waals surface area contributed by atoms with E-state index >= 15 is 0 Å². The number of aryl methyl sites for hydroxylation is 1. The molecule has 2 aromatic heterocycles. The Morgan fingerprint density at radius 1 is 1.22 bits per heavy atom. The van der Waals surface area contributed by atoms with Gasteiger partial charge in [-0.05, 0) is 43.4 Å². The lowest BCUT2D eigenvalue weighted by Crippen LogP contribution is -2.30. The summed E-state index contributed by atoms with van der Waals surface area (Å²) < 4.78 is 1.87. The van der Waals surface area contributed by atoms with Crippen LogP contribution < -0.4 is 5.32 Å². The summed E-state index contributed by atoms with van der Waals surface area (Å²) in [7, 11) is 0. The van der Waals surface area contributed by atoms with Crippen LogP contribution in [0, 0.1) is 12.8 Å². The van der Waals surface area contributed by atoms with Crippen LogP contribution in [0.15, 0.2) is 54.9 Å². The van der Waals surface area contributed by atoms with Crippen LogP contribution >= 0.6 is 0 Å². The second-order valence-corrected chi connectivity index (χ2v) is 6.29. The Hall–Kier alpha value is -2.62. The standard InChI is InChI=1S/C19H19N3O/c1-13-5-7-14(8-6-13)18(15-9-10-15)21-19(23)16-12-22-11-3-2-4-17(22)20-16/h2-8,11-12,15,18H,9-10H2,1H3,(H,21,23). The molecule has 1 unspecified atom stereocenters. The zero-order chi connectivity index (χ0) is 15.8. The van der Waals surface area contributed by atoms with E-state index in [1.165, 1.54) is 24.0 Å². The molecule has 1 fully saturated rings. The molecule has 1 atom stereocenters. The quantitative estimate of drug-likeness (QED) is 0.801. The third-order valence-electron chi connectivity index (χ3n) is 4.41. The van der Waals surface area contributed by atoms with Gasteiger partial charge in [-0.25, -0.2) is 4.98 Å². The van der Waals surface area contributed by atoms with Crippen molar-refractivity contribution in [1.82, 2.24) is 14.7 Å². The molecule has 23 heavy (non-hydrogen) atoms. The normalized spacial score (nSPS) is 15.5. The molecule has 1 aliphatic rings. The Labute approximate surface area is 135 Å². The van der Waals surface area contributed by atoms with E-state index < -0.39 is 0 Å². The van der Waals surface area contributed by atoms with Gasteiger partial charge in [-0.15, -0.1) is 0 Å². The summed E-state index contributed by atoms with van der Waals surface area (Å²) in [6.07, 6.45) is 6.02. The second kappa shape index (κ2) is 5.54. The first kappa shape index (κ1) is 14.0. The van der Waals surface area contributed by atoms with Crippen molar-refractivity contribution in [3.63, 3.8) is 0 Å². The van der Waals surface area contributed by atoms with Crippen LogP contribution in [0.25, 0.3) is 5.65 Å². The lowest BCUT2D eigenvalue weighted by molar-refractivity contribution is 0.0927. The molecular weight excluding hydrogens is 286 g/mol. The topological polar surface area (TPSA) is 46.4 Å². The van der Waals surface area contributed by atoms with E-state index in [-0.39, 0.29) is 11.9 Å². The molecular formula is C19H19N3O. The van der Waals surface area contributed by atoms with Crippen LogP contribution in [0.4, 0.5) is 0 Å². The summed E-state index contributed by atoms with van der Waals surface area (Å²) in [5.74, 6) is 0.435. The summed E-state index contributed by atoms with van der Waals surface area (Å²) in [5, 5.41) is 3.18. The largest absolute Gasteiger partial charge is 0.344 e. The molecule has 1 saturated carbocycles. The van der Waals surface area contributed by atoms with Crippen LogP contribution in [0.1, 0.15) is 40.5 Å². The molecule has 0 radical (unpaired) electrons. The Morgan fingerprint density at radius 3 is 2.70 bits per heavy atom. The first-order valence-corrected chi connectivity index (χ1v) is 8.02. The van der Waals surface area contributed by atoms with Crippen LogP contribution in [-0.4, -0.2) is 15.3 Å². The number of nitrogens with zero attached hydrogens (tertiary/aromatic N) is 2. The summed E-state index contributed by atoms with van der Waals surface area (Å²) in [6, 6.07) is 14.2. The second-order valence-electron chi connectivity index (χ2n) is 6.29. The molecule has 1 amide bonds. The minimum atomic E-state index is -0.105. The van der Waals surface area contributed by atoms with Gasteiger partial charge in [-0.2, -0.15) is 0 Å². The molecule has 116 valence electrons. The van der Waals surface area contributed by atoms with Crippen LogP contribution in [0.2, 0.25) is 0 Å². The molecule has 0 bridgehead atoms. The molecule has 0 saturated heterocycles. The Morgan fingerprint density at radius 2 is 2.00 bits per heavy atom. The van der Waals surface area contributed by atoms with Crippen molar-refractivity contribution in [2.24, 2.45) is 5.92 Å². The highest BCUT2D eigenvalue weighted by atomic mass is 16.2. The van der Waals surface area contributed by atoms with Gasteiger partial charge >= 0.3 is 0 Å². The van der Waals surface area contributed by atoms with Crippen LogP contribution in [-0.2, 0) is 0 Å². The van der Waals surface area contributed by atoms with Gasteiger partial charge in [-0.3, -0.25) is 4.79 Å². The number of benzene rings is 1. The first-order valence-electron chi connectivity index (χ1n) is 8.02. The zero-order valence-electron chi connectivity index (χ0n) is 13.1. The molecule has 1 N–H and O–H groups in total. The van der Waals surface area contributed by atoms with Gasteiger partial charge < -0.3 is 9.72 Å². The van der Waals surface area contributed by atoms with Crippen molar-refractivity contribution in [2.45, 2.75) is 25.8 Å². The van der Waals surface area contributed by atoms with E-state index in [9.17, 15) is 4.79 Å². The third kappa shape index (κ3) is 2.84. The van der Waals surface area contributed by atoms with Gasteiger partial charge in [0.2, 0.25) is 0 Å². The van der Waals surface area contributed by atoms with Gasteiger partial charge in [-0.1, -0.05) is 35.9 Å². The molecule has 1 aliphatic carbocycles. The minimum Gasteiger partial charge on any atom is -0.344 e. The minimum absolute atomic E-state index is 0.0768. The monoisotopic (exact) mass is 305 g/mol. The third-order valence-corrected chi connectivity index (χ3v) is 4.41. The maximum Gasteiger partial charge on any atom is 0.271 e. The molecule has 3 aromatic rings. The number of carbonyl (C=O) groups excluding carboxylic acids is 1. The van der Waals surface area contributed by atoms with E-state index in [0.717, 1.165) is 5.65 Å². The number of aromatic nitrogens is 2. The fraction of sp³-hybridized carbons (Fsp3) is 0.263. The van der Waals surface area contributed by atoms with E-state index in [1.54, 1.807) is 6.20 Å². The van der Waals surface area contributed by atoms with E-state index in [4.69, 9.17) is 0 Å². The molecule has 1 aromatic carbocycles. The maximum atomic E-state index is 12.6. The summed E-state index contributed by atoms with van der Waals surface area (Å²) in [5.41, 5.74) is 3.66. The van der Waals surface area contributed by atoms with Crippen molar-refractivity contribution < 1.29 is 4.79 Å². The SMILES string of the molecule is Cc1ccc(C(NC(=O)c2cn3ccccc3n2)C2CC2)cc1. The average Bonchev–Trinajstić information content (AvgIpc) is 3.31. The first-order chi connectivity index (χ1) is 11.2. The fourth-order valence-corrected chi connectivity index (χ4v) is 2.94. The molecule has 0 aliphatic heterocycles. The highest BCUT2D eigenvalue weighted by Gasteiger charge is 2.33. The van der Waals surface area contributed by atoms with Crippen molar-refractivity contribution in [2.75, 3.05) is 0 Å². The van der Waals surface area contributed by atoms with Crippen LogP contribution in [0.3, 0.4) is 0 Å². The highest BCUT2D eigenvalue weighted by Crippen LogP contribution is 2.41. The summed E-state index contributed by atoms with van der Waals surface area (Å²) in [4.78, 5) is 17.0. The molecule has 4 nitrogen and oxygen atoms in total. The van der Waals surface area contributed by atoms with Crippen molar-refractivity contribution >= 4 is 11.6 Å². The van der Waals surface area contributed by atoms with Gasteiger partial charge in [0, 0.05) is 12.4 Å². The molecule has 0 spiro atoms. The Balaban J connectivity index is 1.58. The zero-order valence-corrected chi connectivity index (χ0v) is 13.1. The van der Waals surface area contributed by atoms with Crippen molar-refractivity contribution in [1.29, 1.82) is 0 Å². The van der Waals surface area contributed by atoms with Gasteiger partial charge in [0.25, 0.3) is 5.91 Å². The molecule has 4 heteroatoms. The Bertz CT molecular complexity index is 813. The lowest BCUT2D eigenvalue weighted by atomic mass is 10.0.